The SMILES string of the molecule is C=C/C=C\c1c(C)n(-c2ccc3c(c2)oc2cc4oc5cccc(-c6ccc7c(c6)oc6c(-c8cccc9c8sc8ccccc89)cccc67)c5c4cc23)c2ccccc12. The first-order valence-corrected chi connectivity index (χ1v) is 21.0. The zero-order valence-electron chi connectivity index (χ0n) is 32.5. The van der Waals surface area contributed by atoms with Gasteiger partial charge in [-0.05, 0) is 66.6 Å². The molecule has 0 unspecified atom stereocenters. The Morgan fingerprint density at radius 3 is 2.13 bits per heavy atom. The van der Waals surface area contributed by atoms with Gasteiger partial charge in [0.15, 0.2) is 0 Å². The van der Waals surface area contributed by atoms with Crippen molar-refractivity contribution in [3.05, 3.63) is 182 Å². The van der Waals surface area contributed by atoms with E-state index in [1.165, 1.54) is 36.7 Å². The quantitative estimate of drug-likeness (QED) is 0.163. The fourth-order valence-electron chi connectivity index (χ4n) is 9.70. The molecule has 0 atom stereocenters. The second-order valence-corrected chi connectivity index (χ2v) is 16.7. The van der Waals surface area contributed by atoms with E-state index in [4.69, 9.17) is 13.3 Å². The van der Waals surface area contributed by atoms with Crippen molar-refractivity contribution in [1.82, 2.24) is 4.57 Å². The summed E-state index contributed by atoms with van der Waals surface area (Å²) >= 11 is 1.84. The van der Waals surface area contributed by atoms with Crippen LogP contribution in [0.1, 0.15) is 11.3 Å². The Labute approximate surface area is 347 Å². The van der Waals surface area contributed by atoms with Crippen molar-refractivity contribution in [1.29, 1.82) is 0 Å². The van der Waals surface area contributed by atoms with Crippen LogP contribution in [0.3, 0.4) is 0 Å². The summed E-state index contributed by atoms with van der Waals surface area (Å²) < 4.78 is 24.9. The molecule has 13 rings (SSSR count). The number of furan rings is 3. The van der Waals surface area contributed by atoms with Crippen LogP contribution in [-0.4, -0.2) is 4.57 Å². The molecule has 60 heavy (non-hydrogen) atoms. The summed E-state index contributed by atoms with van der Waals surface area (Å²) in [5.41, 5.74) is 14.0. The molecule has 8 aromatic carbocycles. The van der Waals surface area contributed by atoms with E-state index in [9.17, 15) is 0 Å². The summed E-state index contributed by atoms with van der Waals surface area (Å²) in [5, 5.41) is 10.2. The molecular weight excluding hydrogens is 755 g/mol. The van der Waals surface area contributed by atoms with E-state index in [0.29, 0.717) is 0 Å². The molecule has 13 aromatic rings. The van der Waals surface area contributed by atoms with Crippen LogP contribution < -0.4 is 0 Å². The van der Waals surface area contributed by atoms with Crippen LogP contribution in [0.25, 0.3) is 131 Å². The Kier molecular flexibility index (Phi) is 6.93. The minimum absolute atomic E-state index is 0.792. The number of benzene rings is 8. The van der Waals surface area contributed by atoms with Gasteiger partial charge in [-0.25, -0.2) is 0 Å². The highest BCUT2D eigenvalue weighted by atomic mass is 32.1. The zero-order valence-corrected chi connectivity index (χ0v) is 33.3. The molecule has 282 valence electrons. The first-order chi connectivity index (χ1) is 29.6. The zero-order chi connectivity index (χ0) is 39.6. The number of fused-ring (bicyclic) bond motifs is 13. The van der Waals surface area contributed by atoms with Crippen LogP contribution in [0.15, 0.2) is 184 Å². The minimum atomic E-state index is 0.792. The summed E-state index contributed by atoms with van der Waals surface area (Å²) in [6.45, 7) is 6.05. The number of hydrogen-bond donors (Lipinski definition) is 0. The van der Waals surface area contributed by atoms with Crippen LogP contribution in [0.5, 0.6) is 0 Å². The normalized spacial score (nSPS) is 12.4. The molecule has 0 fully saturated rings. The number of rotatable bonds is 5. The van der Waals surface area contributed by atoms with Crippen molar-refractivity contribution in [3.8, 4) is 27.9 Å². The molecule has 5 heterocycles. The number of thiophene rings is 1. The van der Waals surface area contributed by atoms with Crippen molar-refractivity contribution >= 4 is 114 Å². The number of aromatic nitrogens is 1. The number of nitrogens with zero attached hydrogens (tertiary/aromatic N) is 1. The van der Waals surface area contributed by atoms with Crippen molar-refractivity contribution in [3.63, 3.8) is 0 Å². The molecular formula is C55H33NO3S. The molecule has 4 nitrogen and oxygen atoms in total. The van der Waals surface area contributed by atoms with E-state index in [1.807, 2.05) is 35.6 Å². The monoisotopic (exact) mass is 787 g/mol. The van der Waals surface area contributed by atoms with E-state index in [1.54, 1.807) is 0 Å². The average molecular weight is 788 g/mol. The van der Waals surface area contributed by atoms with Crippen molar-refractivity contribution in [2.24, 2.45) is 0 Å². The smallest absolute Gasteiger partial charge is 0.143 e. The summed E-state index contributed by atoms with van der Waals surface area (Å²) in [6.07, 6.45) is 5.94. The minimum Gasteiger partial charge on any atom is -0.456 e. The van der Waals surface area contributed by atoms with E-state index in [0.717, 1.165) is 99.4 Å². The molecule has 0 N–H and O–H groups in total. The molecule has 5 heteroatoms. The number of para-hydroxylation sites is 2. The molecule has 0 spiro atoms. The highest BCUT2D eigenvalue weighted by molar-refractivity contribution is 7.26. The van der Waals surface area contributed by atoms with Gasteiger partial charge in [-0.15, -0.1) is 11.3 Å². The van der Waals surface area contributed by atoms with Gasteiger partial charge in [0.1, 0.15) is 33.5 Å². The predicted octanol–water partition coefficient (Wildman–Crippen LogP) is 16.5. The lowest BCUT2D eigenvalue weighted by molar-refractivity contribution is 0.656. The van der Waals surface area contributed by atoms with Crippen molar-refractivity contribution < 1.29 is 13.3 Å². The number of hydrogen-bond acceptors (Lipinski definition) is 4. The summed E-state index contributed by atoms with van der Waals surface area (Å²) in [6, 6.07) is 54.0. The van der Waals surface area contributed by atoms with Crippen LogP contribution in [0.4, 0.5) is 0 Å². The molecule has 0 amide bonds. The van der Waals surface area contributed by atoms with Crippen molar-refractivity contribution in [2.75, 3.05) is 0 Å². The largest absolute Gasteiger partial charge is 0.456 e. The van der Waals surface area contributed by atoms with Gasteiger partial charge in [0, 0.05) is 98.1 Å². The number of allylic oxidation sites excluding steroid dienone is 2. The topological polar surface area (TPSA) is 44.4 Å². The Balaban J connectivity index is 0.947. The Hall–Kier alpha value is -7.60. The van der Waals surface area contributed by atoms with Crippen LogP contribution >= 0.6 is 11.3 Å². The first kappa shape index (κ1) is 33.4. The summed E-state index contributed by atoms with van der Waals surface area (Å²) in [7, 11) is 0. The van der Waals surface area contributed by atoms with E-state index < -0.39 is 0 Å². The molecule has 0 aliphatic carbocycles. The highest BCUT2D eigenvalue weighted by Crippen LogP contribution is 2.46. The molecule has 0 aliphatic rings. The molecule has 0 bridgehead atoms. The fourth-order valence-corrected chi connectivity index (χ4v) is 10.9. The molecule has 0 aliphatic heterocycles. The lowest BCUT2D eigenvalue weighted by Gasteiger charge is -2.08. The van der Waals surface area contributed by atoms with E-state index in [-0.39, 0.29) is 0 Å². The third-order valence-electron chi connectivity index (χ3n) is 12.4. The second-order valence-electron chi connectivity index (χ2n) is 15.6. The molecule has 0 saturated heterocycles. The first-order valence-electron chi connectivity index (χ1n) is 20.2. The summed E-state index contributed by atoms with van der Waals surface area (Å²) in [5.74, 6) is 0. The fraction of sp³-hybridized carbons (Fsp3) is 0.0182. The van der Waals surface area contributed by atoms with Crippen molar-refractivity contribution in [2.45, 2.75) is 6.92 Å². The maximum Gasteiger partial charge on any atom is 0.143 e. The van der Waals surface area contributed by atoms with Gasteiger partial charge in [-0.1, -0.05) is 116 Å². The maximum atomic E-state index is 6.85. The van der Waals surface area contributed by atoms with Gasteiger partial charge < -0.3 is 17.8 Å². The van der Waals surface area contributed by atoms with E-state index >= 15 is 0 Å². The van der Waals surface area contributed by atoms with Crippen LogP contribution in [0.2, 0.25) is 0 Å². The Morgan fingerprint density at radius 2 is 1.22 bits per heavy atom. The summed E-state index contributed by atoms with van der Waals surface area (Å²) in [4.78, 5) is 0. The van der Waals surface area contributed by atoms with Gasteiger partial charge in [-0.3, -0.25) is 0 Å². The van der Waals surface area contributed by atoms with Gasteiger partial charge in [-0.2, -0.15) is 0 Å². The van der Waals surface area contributed by atoms with Gasteiger partial charge in [0.2, 0.25) is 0 Å². The molecule has 0 saturated carbocycles. The standard InChI is InChI=1S/C55H33NO3S/c1-3-4-12-34-31(2)56(46-20-7-5-13-36(34)46)33-24-26-38-44-29-45-51(30-50(44)58-49(38)28-33)57-47-21-11-15-35(53(45)47)32-23-25-37-40-16-9-17-41(54(40)59-48(37)27-32)43-19-10-18-42-39-14-6-8-22-52(39)60-55(42)43/h3-30H,1H2,2H3/b12-4-. The molecule has 0 radical (unpaired) electrons. The predicted molar refractivity (Wildman–Crippen MR) is 253 cm³/mol. The Bertz CT molecular complexity index is 3990. The van der Waals surface area contributed by atoms with Gasteiger partial charge in [0.05, 0.1) is 5.52 Å². The molecule has 5 aromatic heterocycles. The second kappa shape index (κ2) is 12.5. The lowest BCUT2D eigenvalue weighted by Crippen LogP contribution is -1.96. The third-order valence-corrected chi connectivity index (χ3v) is 13.6. The lowest BCUT2D eigenvalue weighted by atomic mass is 9.97. The van der Waals surface area contributed by atoms with Gasteiger partial charge in [0.25, 0.3) is 0 Å². The Morgan fingerprint density at radius 1 is 0.517 bits per heavy atom. The van der Waals surface area contributed by atoms with Crippen LogP contribution in [0, 0.1) is 6.92 Å². The maximum absolute atomic E-state index is 6.85. The van der Waals surface area contributed by atoms with E-state index in [2.05, 4.69) is 164 Å². The average Bonchev–Trinajstić information content (AvgIpc) is 4.09. The highest BCUT2D eigenvalue weighted by Gasteiger charge is 2.21. The van der Waals surface area contributed by atoms with Crippen LogP contribution in [-0.2, 0) is 0 Å². The third kappa shape index (κ3) is 4.66. The van der Waals surface area contributed by atoms with Gasteiger partial charge >= 0.3 is 0 Å².